The van der Waals surface area contributed by atoms with Crippen molar-refractivity contribution in [3.05, 3.63) is 54.6 Å². The molecule has 0 aliphatic carbocycles. The van der Waals surface area contributed by atoms with E-state index in [-0.39, 0.29) is 64.9 Å². The topological polar surface area (TPSA) is 83.4 Å². The Kier molecular flexibility index (Phi) is 12.4. The standard InChI is InChI=1S/C12H10O.CH2O3.2Na/c13-12-9-5-4-8-11(12)10-6-2-1-3-7-10;2-1(3)4;;/h1-9,13H;(H2,2,3,4);;/q;;2*+1/p-2. The van der Waals surface area contributed by atoms with Gasteiger partial charge in [0.1, 0.15) is 0 Å². The van der Waals surface area contributed by atoms with Crippen LogP contribution in [0.3, 0.4) is 0 Å². The Morgan fingerprint density at radius 2 is 1.32 bits per heavy atom. The van der Waals surface area contributed by atoms with Gasteiger partial charge in [-0.15, -0.1) is 5.75 Å². The first-order chi connectivity index (χ1) is 8.11. The van der Waals surface area contributed by atoms with Crippen molar-refractivity contribution >= 4 is 6.16 Å². The summed E-state index contributed by atoms with van der Waals surface area (Å²) < 4.78 is 0. The van der Waals surface area contributed by atoms with E-state index < -0.39 is 6.16 Å². The van der Waals surface area contributed by atoms with Gasteiger partial charge in [0.15, 0.2) is 0 Å². The molecule has 0 radical (unpaired) electrons. The number of benzene rings is 2. The maximum absolute atomic E-state index is 11.4. The van der Waals surface area contributed by atoms with Crippen molar-refractivity contribution in [1.82, 2.24) is 0 Å². The predicted molar refractivity (Wildman–Crippen MR) is 59.3 cm³/mol. The van der Waals surface area contributed by atoms with Gasteiger partial charge in [-0.2, -0.15) is 0 Å². The third-order valence-electron chi connectivity index (χ3n) is 1.97. The summed E-state index contributed by atoms with van der Waals surface area (Å²) in [6.07, 6.45) is -2.08. The maximum atomic E-state index is 11.4. The van der Waals surface area contributed by atoms with Crippen LogP contribution < -0.4 is 69.3 Å². The molecule has 19 heavy (non-hydrogen) atoms. The van der Waals surface area contributed by atoms with Crippen LogP contribution in [0.15, 0.2) is 54.6 Å². The molecule has 0 fully saturated rings. The van der Waals surface area contributed by atoms with Crippen molar-refractivity contribution in [1.29, 1.82) is 0 Å². The Balaban J connectivity index is 0. The fraction of sp³-hybridized carbons (Fsp3) is 0. The fourth-order valence-corrected chi connectivity index (χ4v) is 1.32. The molecule has 1 N–H and O–H groups in total. The van der Waals surface area contributed by atoms with Gasteiger partial charge in [-0.05, 0) is 11.1 Å². The number of carbonyl (C=O) groups is 1. The average molecular weight is 276 g/mol. The summed E-state index contributed by atoms with van der Waals surface area (Å²) in [5.74, 6) is 0.0775. The van der Waals surface area contributed by atoms with E-state index in [1.54, 1.807) is 12.1 Å². The van der Waals surface area contributed by atoms with E-state index in [2.05, 4.69) is 0 Å². The molecule has 0 unspecified atom stereocenters. The zero-order valence-electron chi connectivity index (χ0n) is 10.9. The van der Waals surface area contributed by atoms with Gasteiger partial charge in [-0.25, -0.2) is 0 Å². The minimum Gasteiger partial charge on any atom is -0.872 e. The van der Waals surface area contributed by atoms with E-state index in [1.165, 1.54) is 0 Å². The second kappa shape index (κ2) is 11.3. The van der Waals surface area contributed by atoms with Crippen molar-refractivity contribution in [2.45, 2.75) is 0 Å². The second-order valence-corrected chi connectivity index (χ2v) is 3.13. The van der Waals surface area contributed by atoms with Crippen LogP contribution >= 0.6 is 0 Å². The van der Waals surface area contributed by atoms with Crippen molar-refractivity contribution in [2.24, 2.45) is 0 Å². The zero-order chi connectivity index (χ0) is 12.7. The SMILES string of the molecule is O=C([O-])O.[Na+].[Na+].[O-]c1ccccc1-c1ccccc1. The van der Waals surface area contributed by atoms with Crippen LogP contribution in [-0.4, -0.2) is 11.3 Å². The molecule has 0 heterocycles. The maximum Gasteiger partial charge on any atom is 1.00 e. The third kappa shape index (κ3) is 8.31. The Morgan fingerprint density at radius 3 is 1.79 bits per heavy atom. The number of carboxylic acid groups (broad SMARTS) is 2. The van der Waals surface area contributed by atoms with Gasteiger partial charge in [0.05, 0.1) is 0 Å². The van der Waals surface area contributed by atoms with Crippen molar-refractivity contribution in [3.8, 4) is 16.9 Å². The summed E-state index contributed by atoms with van der Waals surface area (Å²) >= 11 is 0. The first kappa shape index (κ1) is 20.8. The number of hydrogen-bond acceptors (Lipinski definition) is 3. The van der Waals surface area contributed by atoms with Gasteiger partial charge in [0.25, 0.3) is 0 Å². The number of para-hydroxylation sites is 1. The Labute approximate surface area is 155 Å². The molecule has 0 bridgehead atoms. The number of rotatable bonds is 1. The molecule has 0 spiro atoms. The molecule has 0 aromatic heterocycles. The largest absolute Gasteiger partial charge is 1.00 e. The molecule has 2 aromatic carbocycles. The van der Waals surface area contributed by atoms with Crippen molar-refractivity contribution in [2.75, 3.05) is 0 Å². The quantitative estimate of drug-likeness (QED) is 0.531. The molecule has 2 rings (SSSR count). The van der Waals surface area contributed by atoms with Crippen molar-refractivity contribution < 1.29 is 79.2 Å². The van der Waals surface area contributed by atoms with E-state index in [9.17, 15) is 5.11 Å². The third-order valence-corrected chi connectivity index (χ3v) is 1.97. The summed E-state index contributed by atoms with van der Waals surface area (Å²) in [5.41, 5.74) is 1.75. The van der Waals surface area contributed by atoms with Gasteiger partial charge < -0.3 is 20.1 Å². The van der Waals surface area contributed by atoms with E-state index in [4.69, 9.17) is 15.0 Å². The molecule has 0 aliphatic rings. The van der Waals surface area contributed by atoms with E-state index in [0.29, 0.717) is 0 Å². The van der Waals surface area contributed by atoms with Gasteiger partial charge in [-0.1, -0.05) is 54.6 Å². The Bertz CT molecular complexity index is 485. The normalized spacial score (nSPS) is 8.00. The van der Waals surface area contributed by atoms with E-state index >= 15 is 0 Å². The van der Waals surface area contributed by atoms with Gasteiger partial charge >= 0.3 is 59.1 Å². The van der Waals surface area contributed by atoms with Crippen LogP contribution in [0.1, 0.15) is 0 Å². The Morgan fingerprint density at radius 1 is 0.895 bits per heavy atom. The molecule has 0 aliphatic heterocycles. The van der Waals surface area contributed by atoms with Crippen LogP contribution in [0.5, 0.6) is 5.75 Å². The second-order valence-electron chi connectivity index (χ2n) is 3.13. The van der Waals surface area contributed by atoms with Gasteiger partial charge in [-0.3, -0.25) is 0 Å². The summed E-state index contributed by atoms with van der Waals surface area (Å²) in [5, 5.41) is 26.7. The first-order valence-corrected chi connectivity index (χ1v) is 4.82. The van der Waals surface area contributed by atoms with Crippen LogP contribution in [0.2, 0.25) is 0 Å². The molecule has 88 valence electrons. The Hall–Kier alpha value is -0.490. The minimum absolute atomic E-state index is 0. The average Bonchev–Trinajstić information content (AvgIpc) is 2.30. The van der Waals surface area contributed by atoms with E-state index in [1.807, 2.05) is 42.5 Å². The first-order valence-electron chi connectivity index (χ1n) is 4.82. The summed E-state index contributed by atoms with van der Waals surface area (Å²) in [4.78, 5) is 8.44. The zero-order valence-corrected chi connectivity index (χ0v) is 14.9. The summed E-state index contributed by atoms with van der Waals surface area (Å²) in [7, 11) is 0. The summed E-state index contributed by atoms with van der Waals surface area (Å²) in [6.45, 7) is 0. The minimum atomic E-state index is -2.08. The van der Waals surface area contributed by atoms with Crippen molar-refractivity contribution in [3.63, 3.8) is 0 Å². The molecule has 0 saturated heterocycles. The monoisotopic (exact) mass is 276 g/mol. The molecule has 0 amide bonds. The van der Waals surface area contributed by atoms with Crippen LogP contribution in [-0.2, 0) is 0 Å². The van der Waals surface area contributed by atoms with Crippen LogP contribution in [0.4, 0.5) is 4.79 Å². The van der Waals surface area contributed by atoms with E-state index in [0.717, 1.165) is 11.1 Å². The molecular formula is C13H10Na2O4. The predicted octanol–water partition coefficient (Wildman–Crippen LogP) is -4.68. The smallest absolute Gasteiger partial charge is 0.872 e. The fourth-order valence-electron chi connectivity index (χ4n) is 1.32. The molecule has 6 heteroatoms. The van der Waals surface area contributed by atoms with Crippen LogP contribution in [0.25, 0.3) is 11.1 Å². The molecule has 0 atom stereocenters. The molecular weight excluding hydrogens is 266 g/mol. The molecule has 0 saturated carbocycles. The van der Waals surface area contributed by atoms with Gasteiger partial charge in [0.2, 0.25) is 6.16 Å². The summed E-state index contributed by atoms with van der Waals surface area (Å²) in [6, 6.07) is 16.8. The number of hydrogen-bond donors (Lipinski definition) is 1. The van der Waals surface area contributed by atoms with Gasteiger partial charge in [0, 0.05) is 0 Å². The molecule has 2 aromatic rings. The van der Waals surface area contributed by atoms with Crippen LogP contribution in [0, 0.1) is 0 Å². The molecule has 4 nitrogen and oxygen atoms in total.